The predicted molar refractivity (Wildman–Crippen MR) is 109 cm³/mol. The number of hydrogen-bond donors (Lipinski definition) is 3. The molecular formula is C19H17N3O4S2. The standard InChI is InChI=1S/C19H17N3O4S2/c1-27-19-21-15(14-12-4-2-3-5-13(12)28-16(14)22-19)20-11-7-9(17(23)24)6-10(8-11)18(25)26/h6-8H,2-5H2,1H3,(H,23,24)(H,25,26)(H,20,21,22). The van der Waals surface area contributed by atoms with Crippen LogP contribution < -0.4 is 5.32 Å². The Hall–Kier alpha value is -2.65. The third-order valence-corrected chi connectivity index (χ3v) is 6.40. The van der Waals surface area contributed by atoms with Gasteiger partial charge in [0.15, 0.2) is 5.16 Å². The average Bonchev–Trinajstić information content (AvgIpc) is 3.06. The third kappa shape index (κ3) is 3.43. The Morgan fingerprint density at radius 2 is 1.75 bits per heavy atom. The van der Waals surface area contributed by atoms with Crippen LogP contribution >= 0.6 is 23.1 Å². The number of thiophene rings is 1. The van der Waals surface area contributed by atoms with Gasteiger partial charge < -0.3 is 15.5 Å². The van der Waals surface area contributed by atoms with Crippen molar-refractivity contribution < 1.29 is 19.8 Å². The molecule has 3 N–H and O–H groups in total. The zero-order chi connectivity index (χ0) is 19.8. The van der Waals surface area contributed by atoms with Crippen LogP contribution in [0, 0.1) is 0 Å². The number of thioether (sulfide) groups is 1. The number of nitrogens with zero attached hydrogens (tertiary/aromatic N) is 2. The Kier molecular flexibility index (Phi) is 4.94. The van der Waals surface area contributed by atoms with Crippen LogP contribution in [0.5, 0.6) is 0 Å². The molecule has 2 aromatic heterocycles. The van der Waals surface area contributed by atoms with Gasteiger partial charge in [0, 0.05) is 10.6 Å². The fraction of sp³-hybridized carbons (Fsp3) is 0.263. The number of carboxylic acids is 2. The first-order chi connectivity index (χ1) is 13.5. The second-order valence-corrected chi connectivity index (χ2v) is 8.34. The first kappa shape index (κ1) is 18.7. The Morgan fingerprint density at radius 1 is 1.07 bits per heavy atom. The highest BCUT2D eigenvalue weighted by molar-refractivity contribution is 7.98. The summed E-state index contributed by atoms with van der Waals surface area (Å²) in [6.07, 6.45) is 6.16. The highest BCUT2D eigenvalue weighted by atomic mass is 32.2. The van der Waals surface area contributed by atoms with Crippen molar-refractivity contribution in [1.82, 2.24) is 9.97 Å². The summed E-state index contributed by atoms with van der Waals surface area (Å²) < 4.78 is 0. The molecule has 0 aliphatic heterocycles. The van der Waals surface area contributed by atoms with Crippen molar-refractivity contribution >= 4 is 56.8 Å². The second kappa shape index (κ2) is 7.40. The summed E-state index contributed by atoms with van der Waals surface area (Å²) in [5.74, 6) is -1.78. The quantitative estimate of drug-likeness (QED) is 0.414. The van der Waals surface area contributed by atoms with E-state index in [0.717, 1.165) is 42.0 Å². The molecule has 1 aliphatic rings. The number of hydrogen-bond acceptors (Lipinski definition) is 7. The SMILES string of the molecule is CSc1nc(Nc2cc(C(=O)O)cc(C(=O)O)c2)c2c3c(sc2n1)CCCC3. The molecule has 1 aromatic carbocycles. The van der Waals surface area contributed by atoms with Gasteiger partial charge in [0.2, 0.25) is 0 Å². The molecule has 2 heterocycles. The summed E-state index contributed by atoms with van der Waals surface area (Å²) in [7, 11) is 0. The summed E-state index contributed by atoms with van der Waals surface area (Å²) in [6, 6.07) is 3.98. The molecule has 9 heteroatoms. The summed E-state index contributed by atoms with van der Waals surface area (Å²) in [4.78, 5) is 34.2. The lowest BCUT2D eigenvalue weighted by Gasteiger charge is -2.14. The van der Waals surface area contributed by atoms with E-state index in [2.05, 4.69) is 15.3 Å². The number of benzene rings is 1. The molecule has 0 saturated heterocycles. The fourth-order valence-corrected chi connectivity index (χ4v) is 5.09. The number of aryl methyl sites for hydroxylation is 2. The lowest BCUT2D eigenvalue weighted by molar-refractivity contribution is 0.0696. The largest absolute Gasteiger partial charge is 0.478 e. The van der Waals surface area contributed by atoms with Crippen LogP contribution in [0.1, 0.15) is 44.0 Å². The van der Waals surface area contributed by atoms with Gasteiger partial charge in [-0.3, -0.25) is 0 Å². The summed E-state index contributed by atoms with van der Waals surface area (Å²) >= 11 is 3.10. The van der Waals surface area contributed by atoms with Crippen molar-refractivity contribution in [2.75, 3.05) is 11.6 Å². The van der Waals surface area contributed by atoms with E-state index in [1.807, 2.05) is 6.26 Å². The highest BCUT2D eigenvalue weighted by Crippen LogP contribution is 2.40. The van der Waals surface area contributed by atoms with Gasteiger partial charge in [-0.25, -0.2) is 19.6 Å². The molecule has 0 radical (unpaired) electrons. The minimum atomic E-state index is -1.18. The molecule has 7 nitrogen and oxygen atoms in total. The maximum Gasteiger partial charge on any atom is 0.335 e. The molecule has 0 bridgehead atoms. The van der Waals surface area contributed by atoms with Crippen LogP contribution in [0.3, 0.4) is 0 Å². The molecule has 0 fully saturated rings. The van der Waals surface area contributed by atoms with Crippen LogP contribution in [0.2, 0.25) is 0 Å². The van der Waals surface area contributed by atoms with Gasteiger partial charge in [0.25, 0.3) is 0 Å². The number of carboxylic acid groups (broad SMARTS) is 2. The Balaban J connectivity index is 1.86. The number of anilines is 2. The second-order valence-electron chi connectivity index (χ2n) is 6.48. The number of nitrogens with one attached hydrogen (secondary N) is 1. The average molecular weight is 415 g/mol. The zero-order valence-corrected chi connectivity index (χ0v) is 16.6. The van der Waals surface area contributed by atoms with Crippen LogP contribution in [-0.4, -0.2) is 38.4 Å². The first-order valence-corrected chi connectivity index (χ1v) is 10.8. The predicted octanol–water partition coefficient (Wildman–Crippen LogP) is 4.43. The van der Waals surface area contributed by atoms with Crippen molar-refractivity contribution in [3.8, 4) is 0 Å². The minimum absolute atomic E-state index is 0.0925. The smallest absolute Gasteiger partial charge is 0.335 e. The summed E-state index contributed by atoms with van der Waals surface area (Å²) in [6.45, 7) is 0. The van der Waals surface area contributed by atoms with Crippen LogP contribution in [0.15, 0.2) is 23.4 Å². The Labute approximate surface area is 168 Å². The number of fused-ring (bicyclic) bond motifs is 3. The van der Waals surface area contributed by atoms with E-state index >= 15 is 0 Å². The highest BCUT2D eigenvalue weighted by Gasteiger charge is 2.22. The van der Waals surface area contributed by atoms with Gasteiger partial charge in [0.05, 0.1) is 16.5 Å². The zero-order valence-electron chi connectivity index (χ0n) is 15.0. The molecule has 1 aliphatic carbocycles. The lowest BCUT2D eigenvalue weighted by atomic mass is 9.97. The first-order valence-electron chi connectivity index (χ1n) is 8.71. The molecule has 3 aromatic rings. The molecule has 4 rings (SSSR count). The van der Waals surface area contributed by atoms with Gasteiger partial charge in [-0.15, -0.1) is 11.3 Å². The summed E-state index contributed by atoms with van der Waals surface area (Å²) in [5, 5.41) is 23.4. The Bertz CT molecular complexity index is 1080. The van der Waals surface area contributed by atoms with Crippen molar-refractivity contribution in [3.05, 3.63) is 39.8 Å². The maximum atomic E-state index is 11.4. The van der Waals surface area contributed by atoms with Gasteiger partial charge in [-0.2, -0.15) is 0 Å². The molecule has 0 unspecified atom stereocenters. The van der Waals surface area contributed by atoms with Gasteiger partial charge in [0.1, 0.15) is 10.6 Å². The monoisotopic (exact) mass is 415 g/mol. The molecule has 0 atom stereocenters. The molecule has 28 heavy (non-hydrogen) atoms. The van der Waals surface area contributed by atoms with Crippen LogP contribution in [0.25, 0.3) is 10.2 Å². The lowest BCUT2D eigenvalue weighted by Crippen LogP contribution is -2.06. The number of carbonyl (C=O) groups is 2. The minimum Gasteiger partial charge on any atom is -0.478 e. The summed E-state index contributed by atoms with van der Waals surface area (Å²) in [5.41, 5.74) is 1.43. The Morgan fingerprint density at radius 3 is 2.39 bits per heavy atom. The maximum absolute atomic E-state index is 11.4. The number of aromatic carboxylic acids is 2. The van der Waals surface area contributed by atoms with E-state index in [4.69, 9.17) is 0 Å². The fourth-order valence-electron chi connectivity index (χ4n) is 3.40. The van der Waals surface area contributed by atoms with E-state index in [-0.39, 0.29) is 11.1 Å². The van der Waals surface area contributed by atoms with Gasteiger partial charge in [-0.05, 0) is 55.7 Å². The number of rotatable bonds is 5. The molecule has 0 spiro atoms. The molecular weight excluding hydrogens is 398 g/mol. The van der Waals surface area contributed by atoms with E-state index in [0.29, 0.717) is 16.7 Å². The topological polar surface area (TPSA) is 112 Å². The molecule has 144 valence electrons. The van der Waals surface area contributed by atoms with Crippen molar-refractivity contribution in [2.45, 2.75) is 30.8 Å². The number of aromatic nitrogens is 2. The van der Waals surface area contributed by atoms with Crippen LogP contribution in [-0.2, 0) is 12.8 Å². The molecule has 0 saturated carbocycles. The molecule has 0 amide bonds. The van der Waals surface area contributed by atoms with E-state index in [9.17, 15) is 19.8 Å². The van der Waals surface area contributed by atoms with Crippen LogP contribution in [0.4, 0.5) is 11.5 Å². The van der Waals surface area contributed by atoms with Gasteiger partial charge >= 0.3 is 11.9 Å². The van der Waals surface area contributed by atoms with Crippen molar-refractivity contribution in [2.24, 2.45) is 0 Å². The third-order valence-electron chi connectivity index (χ3n) is 4.67. The van der Waals surface area contributed by atoms with E-state index in [1.165, 1.54) is 34.3 Å². The van der Waals surface area contributed by atoms with Crippen molar-refractivity contribution in [1.29, 1.82) is 0 Å². The van der Waals surface area contributed by atoms with E-state index < -0.39 is 11.9 Å². The van der Waals surface area contributed by atoms with Gasteiger partial charge in [-0.1, -0.05) is 11.8 Å². The van der Waals surface area contributed by atoms with E-state index in [1.54, 1.807) is 11.3 Å². The normalized spacial score (nSPS) is 13.3. The van der Waals surface area contributed by atoms with Crippen molar-refractivity contribution in [3.63, 3.8) is 0 Å².